The second kappa shape index (κ2) is 4.63. The lowest BCUT2D eigenvalue weighted by Gasteiger charge is -2.22. The van der Waals surface area contributed by atoms with Crippen molar-refractivity contribution in [2.24, 2.45) is 0 Å². The Labute approximate surface area is 83.7 Å². The highest BCUT2D eigenvalue weighted by Gasteiger charge is 2.24. The maximum Gasteiger partial charge on any atom is 0.407 e. The van der Waals surface area contributed by atoms with E-state index in [-0.39, 0.29) is 17.5 Å². The van der Waals surface area contributed by atoms with E-state index in [1.165, 1.54) is 0 Å². The van der Waals surface area contributed by atoms with E-state index in [1.807, 2.05) is 0 Å². The van der Waals surface area contributed by atoms with Gasteiger partial charge in [0.15, 0.2) is 0 Å². The third-order valence-corrected chi connectivity index (χ3v) is 3.87. The molecule has 1 amide bonds. The fraction of sp³-hybridized carbons (Fsp3) is 0.875. The molecule has 0 aromatic heterocycles. The average molecular weight is 221 g/mol. The van der Waals surface area contributed by atoms with Crippen molar-refractivity contribution in [3.05, 3.63) is 0 Å². The van der Waals surface area contributed by atoms with E-state index < -0.39 is 15.9 Å². The molecule has 1 aliphatic heterocycles. The predicted octanol–water partition coefficient (Wildman–Crippen LogP) is 0.310. The van der Waals surface area contributed by atoms with Crippen molar-refractivity contribution in [1.82, 2.24) is 5.32 Å². The van der Waals surface area contributed by atoms with E-state index in [2.05, 4.69) is 5.32 Å². The molecule has 82 valence electrons. The maximum atomic E-state index is 11.1. The lowest BCUT2D eigenvalue weighted by Crippen LogP contribution is -2.41. The molecule has 0 radical (unpaired) electrons. The van der Waals surface area contributed by atoms with Crippen LogP contribution in [0.25, 0.3) is 0 Å². The van der Waals surface area contributed by atoms with Gasteiger partial charge in [0.2, 0.25) is 0 Å². The van der Waals surface area contributed by atoms with Crippen LogP contribution in [0.5, 0.6) is 0 Å². The standard InChI is InChI=1S/C8H15NO4S/c1-2-13-8(10)9-7-3-5-14(11,12)6-4-7/h7H,2-6H2,1H3,(H,9,10). The SMILES string of the molecule is CCOC(=O)NC1CCS(=O)(=O)CC1. The van der Waals surface area contributed by atoms with Gasteiger partial charge in [-0.05, 0) is 19.8 Å². The molecule has 0 aromatic carbocycles. The number of carbonyl (C=O) groups excluding carboxylic acids is 1. The van der Waals surface area contributed by atoms with Gasteiger partial charge in [0.05, 0.1) is 18.1 Å². The quantitative estimate of drug-likeness (QED) is 0.728. The minimum absolute atomic E-state index is 0.0578. The Bertz CT molecular complexity index is 284. The monoisotopic (exact) mass is 221 g/mol. The molecule has 1 N–H and O–H groups in total. The molecule has 14 heavy (non-hydrogen) atoms. The molecule has 1 fully saturated rings. The topological polar surface area (TPSA) is 72.5 Å². The molecule has 0 bridgehead atoms. The van der Waals surface area contributed by atoms with Crippen molar-refractivity contribution >= 4 is 15.9 Å². The minimum Gasteiger partial charge on any atom is -0.450 e. The second-order valence-corrected chi connectivity index (χ2v) is 5.59. The number of ether oxygens (including phenoxy) is 1. The number of carbonyl (C=O) groups is 1. The van der Waals surface area contributed by atoms with E-state index in [4.69, 9.17) is 4.74 Å². The van der Waals surface area contributed by atoms with Gasteiger partial charge in [-0.1, -0.05) is 0 Å². The largest absolute Gasteiger partial charge is 0.450 e. The summed E-state index contributed by atoms with van der Waals surface area (Å²) in [4.78, 5) is 11.0. The van der Waals surface area contributed by atoms with Gasteiger partial charge >= 0.3 is 6.09 Å². The smallest absolute Gasteiger partial charge is 0.407 e. The lowest BCUT2D eigenvalue weighted by molar-refractivity contribution is 0.147. The van der Waals surface area contributed by atoms with Crippen LogP contribution < -0.4 is 5.32 Å². The summed E-state index contributed by atoms with van der Waals surface area (Å²) in [5.41, 5.74) is 0. The summed E-state index contributed by atoms with van der Waals surface area (Å²) in [6.45, 7) is 2.06. The summed E-state index contributed by atoms with van der Waals surface area (Å²) >= 11 is 0. The van der Waals surface area contributed by atoms with Crippen molar-refractivity contribution in [2.45, 2.75) is 25.8 Å². The van der Waals surface area contributed by atoms with E-state index >= 15 is 0 Å². The first kappa shape index (κ1) is 11.3. The van der Waals surface area contributed by atoms with E-state index in [1.54, 1.807) is 6.92 Å². The number of amides is 1. The zero-order valence-electron chi connectivity index (χ0n) is 8.15. The highest BCUT2D eigenvalue weighted by Crippen LogP contribution is 2.11. The van der Waals surface area contributed by atoms with Crippen LogP contribution in [0.1, 0.15) is 19.8 Å². The van der Waals surface area contributed by atoms with Crippen LogP contribution in [0.4, 0.5) is 4.79 Å². The molecule has 1 rings (SSSR count). The van der Waals surface area contributed by atoms with Crippen LogP contribution in [-0.4, -0.2) is 38.7 Å². The van der Waals surface area contributed by atoms with Crippen LogP contribution >= 0.6 is 0 Å². The predicted molar refractivity (Wildman–Crippen MR) is 51.8 cm³/mol. The molecule has 0 saturated carbocycles. The maximum absolute atomic E-state index is 11.1. The first-order valence-electron chi connectivity index (χ1n) is 4.67. The molecule has 1 heterocycles. The number of rotatable bonds is 2. The number of nitrogens with one attached hydrogen (secondary N) is 1. The summed E-state index contributed by atoms with van der Waals surface area (Å²) in [5, 5.41) is 2.63. The van der Waals surface area contributed by atoms with Gasteiger partial charge < -0.3 is 10.1 Å². The summed E-state index contributed by atoms with van der Waals surface area (Å²) < 4.78 is 26.8. The van der Waals surface area contributed by atoms with Gasteiger partial charge in [-0.3, -0.25) is 0 Å². The zero-order valence-corrected chi connectivity index (χ0v) is 8.97. The molecule has 0 atom stereocenters. The Balaban J connectivity index is 2.32. The molecule has 0 unspecified atom stereocenters. The molecule has 1 saturated heterocycles. The van der Waals surface area contributed by atoms with Gasteiger partial charge in [0, 0.05) is 6.04 Å². The van der Waals surface area contributed by atoms with Crippen LogP contribution in [-0.2, 0) is 14.6 Å². The highest BCUT2D eigenvalue weighted by molar-refractivity contribution is 7.91. The Morgan fingerprint density at radius 3 is 2.50 bits per heavy atom. The Hall–Kier alpha value is -0.780. The summed E-state index contributed by atoms with van der Waals surface area (Å²) in [5.74, 6) is 0.314. The lowest BCUT2D eigenvalue weighted by atomic mass is 10.2. The average Bonchev–Trinajstić information content (AvgIpc) is 2.09. The van der Waals surface area contributed by atoms with Gasteiger partial charge in [0.1, 0.15) is 9.84 Å². The van der Waals surface area contributed by atoms with Crippen molar-refractivity contribution in [3.8, 4) is 0 Å². The molecule has 0 aromatic rings. The summed E-state index contributed by atoms with van der Waals surface area (Å²) in [6.07, 6.45) is 0.513. The van der Waals surface area contributed by atoms with Crippen molar-refractivity contribution in [1.29, 1.82) is 0 Å². The molecular weight excluding hydrogens is 206 g/mol. The normalized spacial score (nSPS) is 21.5. The van der Waals surface area contributed by atoms with Crippen molar-refractivity contribution in [3.63, 3.8) is 0 Å². The van der Waals surface area contributed by atoms with Crippen LogP contribution in [0.3, 0.4) is 0 Å². The zero-order chi connectivity index (χ0) is 10.6. The van der Waals surface area contributed by atoms with Gasteiger partial charge in [-0.25, -0.2) is 13.2 Å². The third-order valence-electron chi connectivity index (χ3n) is 2.15. The van der Waals surface area contributed by atoms with E-state index in [0.717, 1.165) is 0 Å². The van der Waals surface area contributed by atoms with E-state index in [0.29, 0.717) is 19.4 Å². The van der Waals surface area contributed by atoms with Crippen LogP contribution in [0.2, 0.25) is 0 Å². The Morgan fingerprint density at radius 1 is 1.43 bits per heavy atom. The minimum atomic E-state index is -2.86. The molecule has 0 spiro atoms. The first-order chi connectivity index (χ1) is 6.53. The fourth-order valence-electron chi connectivity index (χ4n) is 1.37. The number of alkyl carbamates (subject to hydrolysis) is 1. The molecule has 6 heteroatoms. The molecule has 0 aliphatic carbocycles. The van der Waals surface area contributed by atoms with Crippen LogP contribution in [0.15, 0.2) is 0 Å². The molecule has 1 aliphatic rings. The Kier molecular flexibility index (Phi) is 3.74. The van der Waals surface area contributed by atoms with Crippen LogP contribution in [0, 0.1) is 0 Å². The Morgan fingerprint density at radius 2 is 2.00 bits per heavy atom. The third kappa shape index (κ3) is 3.53. The number of hydrogen-bond donors (Lipinski definition) is 1. The van der Waals surface area contributed by atoms with Gasteiger partial charge in [-0.2, -0.15) is 0 Å². The fourth-order valence-corrected chi connectivity index (χ4v) is 2.87. The number of hydrogen-bond acceptors (Lipinski definition) is 4. The van der Waals surface area contributed by atoms with Gasteiger partial charge in [0.25, 0.3) is 0 Å². The molecule has 5 nitrogen and oxygen atoms in total. The summed E-state index contributed by atoms with van der Waals surface area (Å²) in [7, 11) is -2.86. The first-order valence-corrected chi connectivity index (χ1v) is 6.49. The van der Waals surface area contributed by atoms with Gasteiger partial charge in [-0.15, -0.1) is 0 Å². The van der Waals surface area contributed by atoms with E-state index in [9.17, 15) is 13.2 Å². The highest BCUT2D eigenvalue weighted by atomic mass is 32.2. The van der Waals surface area contributed by atoms with Crippen molar-refractivity contribution in [2.75, 3.05) is 18.1 Å². The number of sulfone groups is 1. The molecular formula is C8H15NO4S. The second-order valence-electron chi connectivity index (χ2n) is 3.29. The van der Waals surface area contributed by atoms with Crippen molar-refractivity contribution < 1.29 is 17.9 Å². The summed E-state index contributed by atoms with van der Waals surface area (Å²) in [6, 6.07) is -0.0578.